The van der Waals surface area contributed by atoms with Crippen molar-refractivity contribution in [3.8, 4) is 0 Å². The van der Waals surface area contributed by atoms with Crippen LogP contribution in [0, 0.1) is 11.8 Å². The number of carbonyl (C=O) groups excluding carboxylic acids is 1. The van der Waals surface area contributed by atoms with Gasteiger partial charge in [-0.25, -0.2) is 0 Å². The molecule has 112 valence electrons. The van der Waals surface area contributed by atoms with Crippen molar-refractivity contribution in [1.82, 2.24) is 4.90 Å². The number of benzene rings is 1. The van der Waals surface area contributed by atoms with Gasteiger partial charge in [0.2, 0.25) is 5.91 Å². The third-order valence-electron chi connectivity index (χ3n) is 3.17. The van der Waals surface area contributed by atoms with Crippen LogP contribution in [0.2, 0.25) is 10.0 Å². The highest BCUT2D eigenvalue weighted by atomic mass is 35.5. The summed E-state index contributed by atoms with van der Waals surface area (Å²) in [6.45, 7) is 5.07. The number of carbonyl (C=O) groups is 1. The molecule has 1 unspecified atom stereocenters. The van der Waals surface area contributed by atoms with Gasteiger partial charge in [0.15, 0.2) is 0 Å². The van der Waals surface area contributed by atoms with E-state index in [1.165, 1.54) is 0 Å². The highest BCUT2D eigenvalue weighted by Gasteiger charge is 2.21. The molecule has 1 atom stereocenters. The highest BCUT2D eigenvalue weighted by molar-refractivity contribution is 6.42. The van der Waals surface area contributed by atoms with E-state index < -0.39 is 0 Å². The van der Waals surface area contributed by atoms with Crippen molar-refractivity contribution in [2.24, 2.45) is 17.6 Å². The summed E-state index contributed by atoms with van der Waals surface area (Å²) in [6, 6.07) is 5.40. The van der Waals surface area contributed by atoms with Crippen molar-refractivity contribution in [2.45, 2.75) is 26.8 Å². The second kappa shape index (κ2) is 7.87. The molecule has 1 amide bonds. The van der Waals surface area contributed by atoms with Crippen LogP contribution in [0.4, 0.5) is 0 Å². The Morgan fingerprint density at radius 2 is 1.95 bits per heavy atom. The molecule has 5 heteroatoms. The topological polar surface area (TPSA) is 46.3 Å². The molecule has 1 aromatic rings. The predicted molar refractivity (Wildman–Crippen MR) is 84.9 cm³/mol. The first kappa shape index (κ1) is 17.3. The van der Waals surface area contributed by atoms with E-state index in [4.69, 9.17) is 28.9 Å². The van der Waals surface area contributed by atoms with Crippen molar-refractivity contribution < 1.29 is 4.79 Å². The Balaban J connectivity index is 2.71. The SMILES string of the molecule is CC(C)CC(CN)C(=O)N(C)Cc1ccc(Cl)c(Cl)c1. The average molecular weight is 317 g/mol. The second-order valence-electron chi connectivity index (χ2n) is 5.50. The summed E-state index contributed by atoms with van der Waals surface area (Å²) in [5, 5.41) is 1.02. The van der Waals surface area contributed by atoms with E-state index in [0.29, 0.717) is 29.1 Å². The van der Waals surface area contributed by atoms with Crippen LogP contribution in [0.25, 0.3) is 0 Å². The second-order valence-corrected chi connectivity index (χ2v) is 6.32. The molecule has 0 spiro atoms. The number of rotatable bonds is 6. The monoisotopic (exact) mass is 316 g/mol. The smallest absolute Gasteiger partial charge is 0.227 e. The molecule has 3 nitrogen and oxygen atoms in total. The minimum absolute atomic E-state index is 0.0762. The third-order valence-corrected chi connectivity index (χ3v) is 3.91. The zero-order valence-corrected chi connectivity index (χ0v) is 13.7. The lowest BCUT2D eigenvalue weighted by molar-refractivity contribution is -0.134. The van der Waals surface area contributed by atoms with Gasteiger partial charge in [-0.3, -0.25) is 4.79 Å². The van der Waals surface area contributed by atoms with Gasteiger partial charge >= 0.3 is 0 Å². The third kappa shape index (κ3) is 4.97. The van der Waals surface area contributed by atoms with Crippen LogP contribution in [-0.2, 0) is 11.3 Å². The zero-order valence-electron chi connectivity index (χ0n) is 12.2. The summed E-state index contributed by atoms with van der Waals surface area (Å²) in [5.41, 5.74) is 6.67. The summed E-state index contributed by atoms with van der Waals surface area (Å²) in [4.78, 5) is 14.0. The normalized spacial score (nSPS) is 12.6. The van der Waals surface area contributed by atoms with Gasteiger partial charge < -0.3 is 10.6 Å². The molecule has 1 aromatic carbocycles. The van der Waals surface area contributed by atoms with E-state index >= 15 is 0 Å². The van der Waals surface area contributed by atoms with Gasteiger partial charge in [0.05, 0.1) is 16.0 Å². The summed E-state index contributed by atoms with van der Waals surface area (Å²) >= 11 is 11.9. The molecule has 0 saturated heterocycles. The molecule has 0 heterocycles. The highest BCUT2D eigenvalue weighted by Crippen LogP contribution is 2.23. The largest absolute Gasteiger partial charge is 0.341 e. The molecule has 0 fully saturated rings. The molecule has 0 bridgehead atoms. The van der Waals surface area contributed by atoms with Crippen molar-refractivity contribution in [1.29, 1.82) is 0 Å². The van der Waals surface area contributed by atoms with Gasteiger partial charge in [-0.1, -0.05) is 43.1 Å². The maximum absolute atomic E-state index is 12.4. The Morgan fingerprint density at radius 1 is 1.30 bits per heavy atom. The van der Waals surface area contributed by atoms with Gasteiger partial charge in [0, 0.05) is 20.1 Å². The maximum atomic E-state index is 12.4. The average Bonchev–Trinajstić information content (AvgIpc) is 2.39. The minimum atomic E-state index is -0.122. The summed E-state index contributed by atoms with van der Waals surface area (Å²) in [7, 11) is 1.79. The van der Waals surface area contributed by atoms with Crippen LogP contribution < -0.4 is 5.73 Å². The van der Waals surface area contributed by atoms with Crippen LogP contribution >= 0.6 is 23.2 Å². The van der Waals surface area contributed by atoms with E-state index in [1.54, 1.807) is 24.1 Å². The molecule has 0 radical (unpaired) electrons. The molecule has 20 heavy (non-hydrogen) atoms. The molecule has 0 aliphatic rings. The summed E-state index contributed by atoms with van der Waals surface area (Å²) in [5.74, 6) is 0.404. The molecule has 2 N–H and O–H groups in total. The number of hydrogen-bond donors (Lipinski definition) is 1. The van der Waals surface area contributed by atoms with Crippen molar-refractivity contribution in [3.63, 3.8) is 0 Å². The van der Waals surface area contributed by atoms with Crippen LogP contribution in [0.15, 0.2) is 18.2 Å². The first-order valence-corrected chi connectivity index (χ1v) is 7.49. The van der Waals surface area contributed by atoms with Gasteiger partial charge in [0.1, 0.15) is 0 Å². The van der Waals surface area contributed by atoms with E-state index in [1.807, 2.05) is 6.07 Å². The van der Waals surface area contributed by atoms with Crippen molar-refractivity contribution >= 4 is 29.1 Å². The van der Waals surface area contributed by atoms with Gasteiger partial charge in [-0.2, -0.15) is 0 Å². The van der Waals surface area contributed by atoms with Crippen molar-refractivity contribution in [2.75, 3.05) is 13.6 Å². The molecule has 0 aliphatic heterocycles. The molecule has 0 aromatic heterocycles. The number of nitrogens with zero attached hydrogens (tertiary/aromatic N) is 1. The summed E-state index contributed by atoms with van der Waals surface area (Å²) < 4.78 is 0. The van der Waals surface area contributed by atoms with E-state index in [9.17, 15) is 4.79 Å². The molecular weight excluding hydrogens is 295 g/mol. The number of hydrogen-bond acceptors (Lipinski definition) is 2. The number of nitrogens with two attached hydrogens (primary N) is 1. The Bertz CT molecular complexity index is 463. The fourth-order valence-electron chi connectivity index (χ4n) is 2.17. The fourth-order valence-corrected chi connectivity index (χ4v) is 2.49. The van der Waals surface area contributed by atoms with E-state index in [0.717, 1.165) is 12.0 Å². The maximum Gasteiger partial charge on any atom is 0.227 e. The molecular formula is C15H22Cl2N2O. The standard InChI is InChI=1S/C15H22Cl2N2O/c1-10(2)6-12(8-18)15(20)19(3)9-11-4-5-13(16)14(17)7-11/h4-5,7,10,12H,6,8-9,18H2,1-3H3. The quantitative estimate of drug-likeness (QED) is 0.872. The Hall–Kier alpha value is -0.770. The number of amides is 1. The van der Waals surface area contributed by atoms with E-state index in [2.05, 4.69) is 13.8 Å². The number of halogens is 2. The molecule has 1 rings (SSSR count). The summed E-state index contributed by atoms with van der Waals surface area (Å²) in [6.07, 6.45) is 0.807. The van der Waals surface area contributed by atoms with Gasteiger partial charge in [0.25, 0.3) is 0 Å². The van der Waals surface area contributed by atoms with Crippen molar-refractivity contribution in [3.05, 3.63) is 33.8 Å². The Kier molecular flexibility index (Phi) is 6.80. The lowest BCUT2D eigenvalue weighted by Gasteiger charge is -2.24. The first-order valence-electron chi connectivity index (χ1n) is 6.74. The zero-order chi connectivity index (χ0) is 15.3. The fraction of sp³-hybridized carbons (Fsp3) is 0.533. The van der Waals surface area contributed by atoms with Crippen LogP contribution in [0.3, 0.4) is 0 Å². The van der Waals surface area contributed by atoms with Crippen LogP contribution in [0.5, 0.6) is 0 Å². The Morgan fingerprint density at radius 3 is 2.45 bits per heavy atom. The minimum Gasteiger partial charge on any atom is -0.341 e. The lowest BCUT2D eigenvalue weighted by Crippen LogP contribution is -2.37. The van der Waals surface area contributed by atoms with Gasteiger partial charge in [-0.15, -0.1) is 0 Å². The Labute approximate surface area is 131 Å². The van der Waals surface area contributed by atoms with Gasteiger partial charge in [-0.05, 0) is 30.0 Å². The van der Waals surface area contributed by atoms with E-state index in [-0.39, 0.29) is 11.8 Å². The lowest BCUT2D eigenvalue weighted by atomic mass is 9.96. The van der Waals surface area contributed by atoms with Crippen LogP contribution in [0.1, 0.15) is 25.8 Å². The molecule has 0 saturated carbocycles. The predicted octanol–water partition coefficient (Wildman–Crippen LogP) is 3.57. The molecule has 0 aliphatic carbocycles. The first-order chi connectivity index (χ1) is 9.35. The van der Waals surface area contributed by atoms with Crippen LogP contribution in [-0.4, -0.2) is 24.4 Å².